The summed E-state index contributed by atoms with van der Waals surface area (Å²) >= 11 is 0. The van der Waals surface area contributed by atoms with E-state index in [1.165, 1.54) is 11.2 Å². The normalized spacial score (nSPS) is 15.7. The summed E-state index contributed by atoms with van der Waals surface area (Å²) in [7, 11) is -3.83. The Hall–Kier alpha value is -2.92. The zero-order valence-corrected chi connectivity index (χ0v) is 15.7. The van der Waals surface area contributed by atoms with Gasteiger partial charge in [0.2, 0.25) is 0 Å². The smallest absolute Gasteiger partial charge is 0.264 e. The molecule has 4 nitrogen and oxygen atoms in total. The molecule has 1 atom stereocenters. The summed E-state index contributed by atoms with van der Waals surface area (Å²) in [5.41, 5.74) is 3.28. The van der Waals surface area contributed by atoms with Crippen LogP contribution in [0.15, 0.2) is 83.8 Å². The third-order valence-corrected chi connectivity index (χ3v) is 6.65. The summed E-state index contributed by atoms with van der Waals surface area (Å²) in [6, 6.07) is 22.9. The van der Waals surface area contributed by atoms with Crippen molar-refractivity contribution in [2.45, 2.75) is 24.3 Å². The van der Waals surface area contributed by atoms with E-state index in [4.69, 9.17) is 0 Å². The lowest BCUT2D eigenvalue weighted by Crippen LogP contribution is -2.38. The zero-order chi connectivity index (χ0) is 19.0. The van der Waals surface area contributed by atoms with Crippen LogP contribution in [0.2, 0.25) is 0 Å². The van der Waals surface area contributed by atoms with Crippen LogP contribution in [0, 0.1) is 0 Å². The van der Waals surface area contributed by atoms with Crippen LogP contribution in [0.3, 0.4) is 0 Å². The van der Waals surface area contributed by atoms with E-state index in [1.54, 1.807) is 36.4 Å². The molecule has 1 unspecified atom stereocenters. The number of carbonyl (C=O) groups excluding carboxylic acids is 1. The van der Waals surface area contributed by atoms with E-state index in [0.717, 1.165) is 16.7 Å². The van der Waals surface area contributed by atoms with E-state index in [9.17, 15) is 13.2 Å². The van der Waals surface area contributed by atoms with Crippen molar-refractivity contribution in [2.75, 3.05) is 4.31 Å². The van der Waals surface area contributed by atoms with Gasteiger partial charge in [-0.05, 0) is 36.2 Å². The highest BCUT2D eigenvalue weighted by Gasteiger charge is 2.39. The van der Waals surface area contributed by atoms with E-state index in [-0.39, 0.29) is 17.1 Å². The molecular formula is C22H19NO3S. The lowest BCUT2D eigenvalue weighted by atomic mass is 9.88. The largest absolute Gasteiger partial charge is 0.300 e. The van der Waals surface area contributed by atoms with Gasteiger partial charge >= 0.3 is 0 Å². The topological polar surface area (TPSA) is 54.5 Å². The van der Waals surface area contributed by atoms with Gasteiger partial charge in [-0.1, -0.05) is 60.7 Å². The Balaban J connectivity index is 2.00. The zero-order valence-electron chi connectivity index (χ0n) is 14.9. The maximum atomic E-state index is 13.6. The predicted molar refractivity (Wildman–Crippen MR) is 106 cm³/mol. The summed E-state index contributed by atoms with van der Waals surface area (Å²) in [4.78, 5) is 12.2. The van der Waals surface area contributed by atoms with Crippen LogP contribution in [-0.2, 0) is 14.8 Å². The van der Waals surface area contributed by atoms with Gasteiger partial charge < -0.3 is 0 Å². The van der Waals surface area contributed by atoms with Crippen molar-refractivity contribution in [2.24, 2.45) is 0 Å². The second-order valence-electron chi connectivity index (χ2n) is 6.64. The Morgan fingerprint density at radius 1 is 0.852 bits per heavy atom. The van der Waals surface area contributed by atoms with E-state index in [2.05, 4.69) is 0 Å². The van der Waals surface area contributed by atoms with Gasteiger partial charge in [-0.3, -0.25) is 9.10 Å². The Morgan fingerprint density at radius 3 is 2.15 bits per heavy atom. The quantitative estimate of drug-likeness (QED) is 0.669. The van der Waals surface area contributed by atoms with Gasteiger partial charge in [-0.2, -0.15) is 0 Å². The highest BCUT2D eigenvalue weighted by atomic mass is 32.2. The summed E-state index contributed by atoms with van der Waals surface area (Å²) < 4.78 is 28.6. The van der Waals surface area contributed by atoms with Crippen LogP contribution in [-0.4, -0.2) is 14.2 Å². The molecule has 3 aromatic rings. The molecule has 3 aromatic carbocycles. The molecule has 0 saturated carbocycles. The second kappa shape index (κ2) is 6.67. The molecule has 0 radical (unpaired) electrons. The standard InChI is InChI=1S/C22H19NO3S/c1-16(24)15-22-20-13-6-5-11-18(20)19-12-7-8-14-21(19)23(22)27(25,26)17-9-3-2-4-10-17/h2-14,22H,15H2,1H3. The van der Waals surface area contributed by atoms with E-state index >= 15 is 0 Å². The second-order valence-corrected chi connectivity index (χ2v) is 8.46. The molecule has 136 valence electrons. The first-order valence-corrected chi connectivity index (χ1v) is 10.2. The van der Waals surface area contributed by atoms with Crippen molar-refractivity contribution in [3.05, 3.63) is 84.4 Å². The average Bonchev–Trinajstić information content (AvgIpc) is 2.68. The molecule has 27 heavy (non-hydrogen) atoms. The minimum atomic E-state index is -3.83. The number of carbonyl (C=O) groups is 1. The van der Waals surface area contributed by atoms with Crippen LogP contribution >= 0.6 is 0 Å². The number of sulfonamides is 1. The van der Waals surface area contributed by atoms with Gasteiger partial charge in [-0.15, -0.1) is 0 Å². The minimum Gasteiger partial charge on any atom is -0.300 e. The summed E-state index contributed by atoms with van der Waals surface area (Å²) in [5.74, 6) is -0.0533. The van der Waals surface area contributed by atoms with Crippen molar-refractivity contribution in [3.8, 4) is 11.1 Å². The number of ketones is 1. The molecule has 1 heterocycles. The number of anilines is 1. The van der Waals surface area contributed by atoms with E-state index in [0.29, 0.717) is 5.69 Å². The van der Waals surface area contributed by atoms with E-state index in [1.807, 2.05) is 42.5 Å². The SMILES string of the molecule is CC(=O)CC1c2ccccc2-c2ccccc2N1S(=O)(=O)c1ccccc1. The highest BCUT2D eigenvalue weighted by molar-refractivity contribution is 7.92. The third-order valence-electron chi connectivity index (χ3n) is 4.82. The van der Waals surface area contributed by atoms with Crippen molar-refractivity contribution in [1.82, 2.24) is 0 Å². The van der Waals surface area contributed by atoms with Crippen LogP contribution in [0.1, 0.15) is 24.9 Å². The lowest BCUT2D eigenvalue weighted by molar-refractivity contribution is -0.117. The van der Waals surface area contributed by atoms with Gasteiger partial charge in [0, 0.05) is 12.0 Å². The summed E-state index contributed by atoms with van der Waals surface area (Å²) in [5, 5.41) is 0. The first-order valence-electron chi connectivity index (χ1n) is 8.77. The van der Waals surface area contributed by atoms with E-state index < -0.39 is 16.1 Å². The molecule has 0 amide bonds. The van der Waals surface area contributed by atoms with Gasteiger partial charge in [0.25, 0.3) is 10.0 Å². The highest BCUT2D eigenvalue weighted by Crippen LogP contribution is 2.48. The number of Topliss-reactive ketones (excluding diaryl/α,β-unsaturated/α-hetero) is 1. The number of nitrogens with zero attached hydrogens (tertiary/aromatic N) is 1. The molecule has 5 heteroatoms. The first-order chi connectivity index (χ1) is 13.0. The average molecular weight is 377 g/mol. The predicted octanol–water partition coefficient (Wildman–Crippen LogP) is 4.58. The van der Waals surface area contributed by atoms with Gasteiger partial charge in [0.05, 0.1) is 16.6 Å². The van der Waals surface area contributed by atoms with Gasteiger partial charge in [0.1, 0.15) is 5.78 Å². The molecule has 0 fully saturated rings. The van der Waals surface area contributed by atoms with Gasteiger partial charge in [0.15, 0.2) is 0 Å². The third kappa shape index (κ3) is 2.94. The number of hydrogen-bond donors (Lipinski definition) is 0. The molecule has 0 spiro atoms. The van der Waals surface area contributed by atoms with Crippen molar-refractivity contribution >= 4 is 21.5 Å². The fraction of sp³-hybridized carbons (Fsp3) is 0.136. The summed E-state index contributed by atoms with van der Waals surface area (Å²) in [6.07, 6.45) is 0.122. The maximum absolute atomic E-state index is 13.6. The van der Waals surface area contributed by atoms with Crippen molar-refractivity contribution in [1.29, 1.82) is 0 Å². The Kier molecular flexibility index (Phi) is 4.32. The number of hydrogen-bond acceptors (Lipinski definition) is 3. The first kappa shape index (κ1) is 17.5. The molecule has 4 rings (SSSR count). The monoisotopic (exact) mass is 377 g/mol. The van der Waals surface area contributed by atoms with Crippen molar-refractivity contribution in [3.63, 3.8) is 0 Å². The Bertz CT molecular complexity index is 1110. The lowest BCUT2D eigenvalue weighted by Gasteiger charge is -2.39. The number of benzene rings is 3. The fourth-order valence-electron chi connectivity index (χ4n) is 3.69. The summed E-state index contributed by atoms with van der Waals surface area (Å²) in [6.45, 7) is 1.50. The fourth-order valence-corrected chi connectivity index (χ4v) is 5.36. The molecule has 0 aromatic heterocycles. The molecule has 0 aliphatic carbocycles. The maximum Gasteiger partial charge on any atom is 0.264 e. The van der Waals surface area contributed by atoms with Crippen molar-refractivity contribution < 1.29 is 13.2 Å². The van der Waals surface area contributed by atoms with Crippen LogP contribution in [0.4, 0.5) is 5.69 Å². The number of rotatable bonds is 4. The molecule has 0 bridgehead atoms. The van der Waals surface area contributed by atoms with Gasteiger partial charge in [-0.25, -0.2) is 8.42 Å². The van der Waals surface area contributed by atoms with Crippen LogP contribution in [0.25, 0.3) is 11.1 Å². The molecule has 0 saturated heterocycles. The minimum absolute atomic E-state index is 0.0533. The van der Waals surface area contributed by atoms with Crippen LogP contribution in [0.5, 0.6) is 0 Å². The Morgan fingerprint density at radius 2 is 1.44 bits per heavy atom. The number of para-hydroxylation sites is 1. The molecular weight excluding hydrogens is 358 g/mol. The van der Waals surface area contributed by atoms with Crippen LogP contribution < -0.4 is 4.31 Å². The molecule has 1 aliphatic rings. The number of fused-ring (bicyclic) bond motifs is 3. The molecule has 1 aliphatic heterocycles. The molecule has 0 N–H and O–H groups in total. The Labute approximate surface area is 159 Å².